The van der Waals surface area contributed by atoms with Crippen LogP contribution in [0.3, 0.4) is 0 Å². The molecule has 0 atom stereocenters. The summed E-state index contributed by atoms with van der Waals surface area (Å²) < 4.78 is 5.19. The van der Waals surface area contributed by atoms with E-state index < -0.39 is 0 Å². The molecule has 0 radical (unpaired) electrons. The molecule has 1 rings (SSSR count). The van der Waals surface area contributed by atoms with Crippen LogP contribution in [0.4, 0.5) is 0 Å². The van der Waals surface area contributed by atoms with Crippen LogP contribution in [-0.2, 0) is 9.53 Å². The summed E-state index contributed by atoms with van der Waals surface area (Å²) >= 11 is 0. The third-order valence-corrected chi connectivity index (χ3v) is 1.40. The highest BCUT2D eigenvalue weighted by Crippen LogP contribution is 2.09. The molecule has 0 unspecified atom stereocenters. The highest BCUT2D eigenvalue weighted by molar-refractivity contribution is 5.73. The molecule has 1 amide bonds. The Morgan fingerprint density at radius 1 is 1.73 bits per heavy atom. The maximum atomic E-state index is 10.4. The summed E-state index contributed by atoms with van der Waals surface area (Å²) in [5, 5.41) is 0. The number of allylic oxidation sites excluding steroid dienone is 3. The van der Waals surface area contributed by atoms with Gasteiger partial charge in [-0.05, 0) is 12.2 Å². The maximum Gasteiger partial charge on any atom is 0.217 e. The first-order chi connectivity index (χ1) is 5.29. The van der Waals surface area contributed by atoms with Crippen LogP contribution in [0.1, 0.15) is 12.8 Å². The van der Waals surface area contributed by atoms with Crippen LogP contribution in [-0.4, -0.2) is 12.5 Å². The second-order valence-corrected chi connectivity index (χ2v) is 2.34. The van der Waals surface area contributed by atoms with E-state index in [4.69, 9.17) is 10.5 Å². The molecule has 0 aromatic heterocycles. The lowest BCUT2D eigenvalue weighted by molar-refractivity contribution is -0.118. The lowest BCUT2D eigenvalue weighted by Crippen LogP contribution is -2.11. The van der Waals surface area contributed by atoms with E-state index in [9.17, 15) is 4.79 Å². The lowest BCUT2D eigenvalue weighted by Gasteiger charge is -2.09. The molecule has 11 heavy (non-hydrogen) atoms. The highest BCUT2D eigenvalue weighted by Gasteiger charge is 2.01. The summed E-state index contributed by atoms with van der Waals surface area (Å²) in [6.07, 6.45) is 6.65. The van der Waals surface area contributed by atoms with Gasteiger partial charge in [0.1, 0.15) is 6.61 Å². The number of carbonyl (C=O) groups excluding carboxylic acids is 1. The monoisotopic (exact) mass is 153 g/mol. The molecule has 0 bridgehead atoms. The smallest absolute Gasteiger partial charge is 0.217 e. The summed E-state index contributed by atoms with van der Waals surface area (Å²) in [5.41, 5.74) is 4.97. The van der Waals surface area contributed by atoms with Crippen molar-refractivity contribution in [1.29, 1.82) is 0 Å². The molecule has 0 saturated heterocycles. The zero-order valence-electron chi connectivity index (χ0n) is 6.25. The summed E-state index contributed by atoms with van der Waals surface area (Å²) in [6, 6.07) is 0. The molecule has 1 aliphatic heterocycles. The van der Waals surface area contributed by atoms with Gasteiger partial charge in [0.05, 0.1) is 5.76 Å². The molecule has 0 aromatic carbocycles. The average molecular weight is 153 g/mol. The first-order valence-electron chi connectivity index (χ1n) is 3.56. The summed E-state index contributed by atoms with van der Waals surface area (Å²) in [4.78, 5) is 10.4. The van der Waals surface area contributed by atoms with Gasteiger partial charge in [-0.3, -0.25) is 4.79 Å². The fourth-order valence-electron chi connectivity index (χ4n) is 0.836. The number of hydrogen-bond donors (Lipinski definition) is 1. The molecule has 0 aliphatic carbocycles. The second kappa shape index (κ2) is 3.81. The molecule has 2 N–H and O–H groups in total. The second-order valence-electron chi connectivity index (χ2n) is 2.34. The fraction of sp³-hybridized carbons (Fsp3) is 0.375. The molecule has 1 aliphatic rings. The van der Waals surface area contributed by atoms with Gasteiger partial charge in [0.25, 0.3) is 0 Å². The Kier molecular flexibility index (Phi) is 2.72. The van der Waals surface area contributed by atoms with Gasteiger partial charge in [0, 0.05) is 12.8 Å². The van der Waals surface area contributed by atoms with Gasteiger partial charge in [0.2, 0.25) is 5.91 Å². The van der Waals surface area contributed by atoms with Crippen molar-refractivity contribution >= 4 is 5.91 Å². The number of amides is 1. The number of carbonyl (C=O) groups is 1. The minimum absolute atomic E-state index is 0.288. The molecular weight excluding hydrogens is 142 g/mol. The minimum atomic E-state index is -0.288. The molecular formula is C8H11NO2. The normalized spacial score (nSPS) is 15.5. The first-order valence-corrected chi connectivity index (χ1v) is 3.56. The van der Waals surface area contributed by atoms with Crippen molar-refractivity contribution in [3.05, 3.63) is 24.0 Å². The summed E-state index contributed by atoms with van der Waals surface area (Å²) in [6.45, 7) is 0.602. The van der Waals surface area contributed by atoms with E-state index in [0.29, 0.717) is 19.4 Å². The molecule has 0 saturated carbocycles. The van der Waals surface area contributed by atoms with Crippen molar-refractivity contribution < 1.29 is 9.53 Å². The molecule has 1 heterocycles. The predicted octanol–water partition coefficient (Wildman–Crippen LogP) is 0.722. The molecule has 3 nitrogen and oxygen atoms in total. The third kappa shape index (κ3) is 2.89. The SMILES string of the molecule is NC(=O)CCC1=CC=CCO1. The minimum Gasteiger partial charge on any atom is -0.494 e. The number of nitrogens with two attached hydrogens (primary N) is 1. The maximum absolute atomic E-state index is 10.4. The zero-order valence-corrected chi connectivity index (χ0v) is 6.25. The van der Waals surface area contributed by atoms with Gasteiger partial charge in [0.15, 0.2) is 0 Å². The number of ether oxygens (including phenoxy) is 1. The van der Waals surface area contributed by atoms with E-state index >= 15 is 0 Å². The summed E-state index contributed by atoms with van der Waals surface area (Å²) in [5.74, 6) is 0.551. The standard InChI is InChI=1S/C8H11NO2/c9-8(10)5-4-7-3-1-2-6-11-7/h1-3H,4-6H2,(H2,9,10). The quantitative estimate of drug-likeness (QED) is 0.649. The Labute approximate surface area is 65.5 Å². The molecule has 0 spiro atoms. The van der Waals surface area contributed by atoms with Crippen molar-refractivity contribution in [3.8, 4) is 0 Å². The van der Waals surface area contributed by atoms with E-state index in [0.717, 1.165) is 5.76 Å². The topological polar surface area (TPSA) is 52.3 Å². The third-order valence-electron chi connectivity index (χ3n) is 1.40. The predicted molar refractivity (Wildman–Crippen MR) is 41.6 cm³/mol. The number of hydrogen-bond acceptors (Lipinski definition) is 2. The molecule has 60 valence electrons. The van der Waals surface area contributed by atoms with Gasteiger partial charge in [-0.2, -0.15) is 0 Å². The zero-order chi connectivity index (χ0) is 8.10. The Hall–Kier alpha value is -1.25. The highest BCUT2D eigenvalue weighted by atomic mass is 16.5. The van der Waals surface area contributed by atoms with Crippen molar-refractivity contribution in [3.63, 3.8) is 0 Å². The lowest BCUT2D eigenvalue weighted by atomic mass is 10.2. The van der Waals surface area contributed by atoms with Gasteiger partial charge in [-0.1, -0.05) is 6.08 Å². The van der Waals surface area contributed by atoms with E-state index in [1.807, 2.05) is 18.2 Å². The van der Waals surface area contributed by atoms with Crippen LogP contribution < -0.4 is 5.73 Å². The molecule has 3 heteroatoms. The van der Waals surface area contributed by atoms with Crippen molar-refractivity contribution in [2.45, 2.75) is 12.8 Å². The van der Waals surface area contributed by atoms with E-state index in [2.05, 4.69) is 0 Å². The van der Waals surface area contributed by atoms with E-state index in [1.54, 1.807) is 0 Å². The van der Waals surface area contributed by atoms with E-state index in [1.165, 1.54) is 0 Å². The van der Waals surface area contributed by atoms with Crippen LogP contribution in [0.25, 0.3) is 0 Å². The van der Waals surface area contributed by atoms with Crippen LogP contribution >= 0.6 is 0 Å². The Morgan fingerprint density at radius 3 is 3.09 bits per heavy atom. The number of primary amides is 1. The van der Waals surface area contributed by atoms with Crippen LogP contribution in [0, 0.1) is 0 Å². The van der Waals surface area contributed by atoms with Crippen molar-refractivity contribution in [1.82, 2.24) is 0 Å². The van der Waals surface area contributed by atoms with Gasteiger partial charge in [-0.15, -0.1) is 0 Å². The van der Waals surface area contributed by atoms with Crippen LogP contribution in [0.15, 0.2) is 24.0 Å². The Bertz CT molecular complexity index is 206. The van der Waals surface area contributed by atoms with Crippen molar-refractivity contribution in [2.24, 2.45) is 5.73 Å². The Morgan fingerprint density at radius 2 is 2.55 bits per heavy atom. The van der Waals surface area contributed by atoms with Gasteiger partial charge in [-0.25, -0.2) is 0 Å². The fourth-order valence-corrected chi connectivity index (χ4v) is 0.836. The first kappa shape index (κ1) is 7.85. The van der Waals surface area contributed by atoms with Crippen molar-refractivity contribution in [2.75, 3.05) is 6.61 Å². The average Bonchev–Trinajstić information content (AvgIpc) is 2.03. The summed E-state index contributed by atoms with van der Waals surface area (Å²) in [7, 11) is 0. The van der Waals surface area contributed by atoms with Crippen LogP contribution in [0.5, 0.6) is 0 Å². The molecule has 0 fully saturated rings. The van der Waals surface area contributed by atoms with Crippen LogP contribution in [0.2, 0.25) is 0 Å². The van der Waals surface area contributed by atoms with E-state index in [-0.39, 0.29) is 5.91 Å². The van der Waals surface area contributed by atoms with Gasteiger partial charge >= 0.3 is 0 Å². The number of rotatable bonds is 3. The van der Waals surface area contributed by atoms with Gasteiger partial charge < -0.3 is 10.5 Å². The largest absolute Gasteiger partial charge is 0.494 e. The Balaban J connectivity index is 2.31. The molecule has 0 aromatic rings.